The third-order valence-electron chi connectivity index (χ3n) is 7.27. The summed E-state index contributed by atoms with van der Waals surface area (Å²) in [6.45, 7) is 22.6. The van der Waals surface area contributed by atoms with Crippen LogP contribution in [-0.2, 0) is 9.53 Å². The van der Waals surface area contributed by atoms with E-state index in [9.17, 15) is 4.79 Å². The first-order chi connectivity index (χ1) is 9.84. The van der Waals surface area contributed by atoms with Crippen molar-refractivity contribution in [3.63, 3.8) is 0 Å². The molecule has 1 aliphatic rings. The molecule has 0 heterocycles. The van der Waals surface area contributed by atoms with E-state index in [1.807, 2.05) is 0 Å². The molecule has 0 bridgehead atoms. The lowest BCUT2D eigenvalue weighted by molar-refractivity contribution is -0.180. The summed E-state index contributed by atoms with van der Waals surface area (Å²) in [5.74, 6) is -0.267. The number of carbonyl (C=O) groups is 1. The molecule has 0 aromatic rings. The van der Waals surface area contributed by atoms with Crippen LogP contribution < -0.4 is 0 Å². The molecule has 128 valence electrons. The van der Waals surface area contributed by atoms with Gasteiger partial charge in [-0.3, -0.25) is 0 Å². The Kier molecular flexibility index (Phi) is 5.27. The van der Waals surface area contributed by atoms with Crippen LogP contribution >= 0.6 is 0 Å². The van der Waals surface area contributed by atoms with Gasteiger partial charge in [0.25, 0.3) is 0 Å². The molecule has 2 nitrogen and oxygen atoms in total. The first kappa shape index (κ1) is 19.3. The number of carbonyl (C=O) groups excluding carboxylic acids is 1. The van der Waals surface area contributed by atoms with E-state index in [-0.39, 0.29) is 27.6 Å². The molecular weight excluding hydrogens is 272 g/mol. The average Bonchev–Trinajstić information content (AvgIpc) is 2.39. The molecule has 0 aromatic heterocycles. The molecule has 0 aromatic carbocycles. The summed E-state index contributed by atoms with van der Waals surface area (Å²) in [4.78, 5) is 11.7. The Morgan fingerprint density at radius 3 is 2.00 bits per heavy atom. The quantitative estimate of drug-likeness (QED) is 0.476. The normalized spacial score (nSPS) is 28.9. The predicted molar refractivity (Wildman–Crippen MR) is 93.7 cm³/mol. The largest absolute Gasteiger partial charge is 0.462 e. The van der Waals surface area contributed by atoms with Crippen LogP contribution in [0.25, 0.3) is 0 Å². The molecule has 1 atom stereocenters. The van der Waals surface area contributed by atoms with Crippen LogP contribution in [0.15, 0.2) is 12.2 Å². The van der Waals surface area contributed by atoms with E-state index in [1.165, 1.54) is 12.8 Å². The van der Waals surface area contributed by atoms with Crippen LogP contribution in [0.5, 0.6) is 0 Å². The Labute approximate surface area is 137 Å². The van der Waals surface area contributed by atoms with Gasteiger partial charge in [-0.05, 0) is 54.3 Å². The van der Waals surface area contributed by atoms with Gasteiger partial charge in [0.1, 0.15) is 0 Å². The number of esters is 1. The number of hydrogen-bond donors (Lipinski definition) is 0. The summed E-state index contributed by atoms with van der Waals surface area (Å²) in [5.41, 5.74) is 1.37. The summed E-state index contributed by atoms with van der Waals surface area (Å²) in [6, 6.07) is 0. The van der Waals surface area contributed by atoms with Gasteiger partial charge in [0.05, 0.1) is 6.61 Å². The van der Waals surface area contributed by atoms with Gasteiger partial charge in [0.2, 0.25) is 0 Å². The Hall–Kier alpha value is -0.790. The Bertz CT molecular complexity index is 443. The topological polar surface area (TPSA) is 26.3 Å². The number of rotatable bonds is 5. The summed E-state index contributed by atoms with van der Waals surface area (Å²) in [5, 5.41) is 0. The molecule has 1 rings (SSSR count). The van der Waals surface area contributed by atoms with E-state index in [2.05, 4.69) is 55.0 Å². The maximum absolute atomic E-state index is 11.7. The lowest BCUT2D eigenvalue weighted by atomic mass is 9.38. The van der Waals surface area contributed by atoms with Crippen molar-refractivity contribution in [2.75, 3.05) is 6.61 Å². The fourth-order valence-corrected chi connectivity index (χ4v) is 4.86. The van der Waals surface area contributed by atoms with Crippen molar-refractivity contribution in [3.05, 3.63) is 12.2 Å². The van der Waals surface area contributed by atoms with Crippen molar-refractivity contribution in [2.45, 2.75) is 81.1 Å². The third-order valence-corrected chi connectivity index (χ3v) is 7.27. The fourth-order valence-electron chi connectivity index (χ4n) is 4.86. The molecule has 1 unspecified atom stereocenters. The zero-order valence-corrected chi connectivity index (χ0v) is 16.1. The minimum absolute atomic E-state index is 0.164. The van der Waals surface area contributed by atoms with E-state index in [4.69, 9.17) is 4.74 Å². The second kappa shape index (κ2) is 6.02. The molecule has 22 heavy (non-hydrogen) atoms. The minimum Gasteiger partial charge on any atom is -0.462 e. The molecule has 1 fully saturated rings. The molecule has 2 heteroatoms. The highest BCUT2D eigenvalue weighted by Crippen LogP contribution is 2.69. The van der Waals surface area contributed by atoms with Gasteiger partial charge in [-0.2, -0.15) is 0 Å². The van der Waals surface area contributed by atoms with Crippen molar-refractivity contribution in [1.82, 2.24) is 0 Å². The Morgan fingerprint density at radius 2 is 1.55 bits per heavy atom. The van der Waals surface area contributed by atoms with Gasteiger partial charge < -0.3 is 4.74 Å². The van der Waals surface area contributed by atoms with Gasteiger partial charge in [-0.1, -0.05) is 55.0 Å². The number of ether oxygens (including phenoxy) is 1. The van der Waals surface area contributed by atoms with Gasteiger partial charge in [0.15, 0.2) is 0 Å². The first-order valence-electron chi connectivity index (χ1n) is 8.67. The minimum atomic E-state index is -0.267. The second-order valence-electron chi connectivity index (χ2n) is 8.99. The maximum atomic E-state index is 11.7. The van der Waals surface area contributed by atoms with E-state index in [1.54, 1.807) is 6.92 Å². The van der Waals surface area contributed by atoms with Gasteiger partial charge in [-0.25, -0.2) is 4.79 Å². The molecule has 0 radical (unpaired) electrons. The average molecular weight is 309 g/mol. The predicted octanol–water partition coefficient (Wildman–Crippen LogP) is 5.76. The van der Waals surface area contributed by atoms with E-state index >= 15 is 0 Å². The van der Waals surface area contributed by atoms with Crippen molar-refractivity contribution in [3.8, 4) is 0 Å². The van der Waals surface area contributed by atoms with E-state index < -0.39 is 0 Å². The first-order valence-corrected chi connectivity index (χ1v) is 8.67. The fraction of sp³-hybridized carbons (Fsp3) is 0.850. The van der Waals surface area contributed by atoms with Crippen LogP contribution in [-0.4, -0.2) is 12.6 Å². The van der Waals surface area contributed by atoms with Gasteiger partial charge >= 0.3 is 5.97 Å². The van der Waals surface area contributed by atoms with Gasteiger partial charge in [0, 0.05) is 5.57 Å². The Balaban J connectivity index is 3.08. The molecule has 0 aliphatic heterocycles. The molecular formula is C20H36O2. The summed E-state index contributed by atoms with van der Waals surface area (Å²) in [7, 11) is 0. The number of hydrogen-bond acceptors (Lipinski definition) is 2. The molecule has 0 saturated heterocycles. The second-order valence-corrected chi connectivity index (χ2v) is 8.99. The molecule has 0 amide bonds. The van der Waals surface area contributed by atoms with Crippen molar-refractivity contribution in [1.29, 1.82) is 0 Å². The molecule has 0 spiro atoms. The van der Waals surface area contributed by atoms with Crippen molar-refractivity contribution >= 4 is 5.97 Å². The third kappa shape index (κ3) is 2.86. The van der Waals surface area contributed by atoms with Crippen LogP contribution in [0, 0.1) is 21.7 Å². The zero-order chi connectivity index (χ0) is 17.4. The van der Waals surface area contributed by atoms with Crippen LogP contribution in [0.1, 0.15) is 81.1 Å². The lowest BCUT2D eigenvalue weighted by Crippen LogP contribution is -2.59. The van der Waals surface area contributed by atoms with Crippen LogP contribution in [0.3, 0.4) is 0 Å². The van der Waals surface area contributed by atoms with Gasteiger partial charge in [-0.15, -0.1) is 0 Å². The van der Waals surface area contributed by atoms with E-state index in [0.29, 0.717) is 12.2 Å². The maximum Gasteiger partial charge on any atom is 0.333 e. The van der Waals surface area contributed by atoms with Crippen molar-refractivity contribution in [2.24, 2.45) is 21.7 Å². The van der Waals surface area contributed by atoms with Crippen molar-refractivity contribution < 1.29 is 9.53 Å². The smallest absolute Gasteiger partial charge is 0.333 e. The van der Waals surface area contributed by atoms with Crippen LogP contribution in [0.4, 0.5) is 0 Å². The van der Waals surface area contributed by atoms with Crippen LogP contribution in [0.2, 0.25) is 0 Å². The van der Waals surface area contributed by atoms with E-state index in [0.717, 1.165) is 12.8 Å². The zero-order valence-electron chi connectivity index (χ0n) is 16.1. The SMILES string of the molecule is C=C(C)C(=O)OCCC1(CC)C(C)(C)CCC(C)(C)C1(C)C. The molecule has 1 aliphatic carbocycles. The lowest BCUT2D eigenvalue weighted by Gasteiger charge is -2.66. The molecule has 0 N–H and O–H groups in total. The Morgan fingerprint density at radius 1 is 1.05 bits per heavy atom. The summed E-state index contributed by atoms with van der Waals surface area (Å²) >= 11 is 0. The highest BCUT2D eigenvalue weighted by atomic mass is 16.5. The highest BCUT2D eigenvalue weighted by molar-refractivity contribution is 5.86. The summed E-state index contributed by atoms with van der Waals surface area (Å²) < 4.78 is 5.45. The monoisotopic (exact) mass is 308 g/mol. The summed E-state index contributed by atoms with van der Waals surface area (Å²) in [6.07, 6.45) is 4.51. The standard InChI is InChI=1S/C20H36O2/c1-10-20(13-14-22-16(21)15(2)3)18(6,7)12-11-17(4,5)19(20,8)9/h2,10-14H2,1,3-9H3. The molecule has 1 saturated carbocycles. The highest BCUT2D eigenvalue weighted by Gasteiger charge is 2.61.